The van der Waals surface area contributed by atoms with Crippen LogP contribution in [0.3, 0.4) is 0 Å². The van der Waals surface area contributed by atoms with Gasteiger partial charge in [-0.25, -0.2) is 4.98 Å². The fourth-order valence-electron chi connectivity index (χ4n) is 1.68. The van der Waals surface area contributed by atoms with E-state index in [-0.39, 0.29) is 11.9 Å². The van der Waals surface area contributed by atoms with E-state index in [1.165, 1.54) is 0 Å². The summed E-state index contributed by atoms with van der Waals surface area (Å²) in [5.41, 5.74) is 13.3. The SMILES string of the molecule is CC(c1ccc(Cl)cc1)c1cnc(N)nc1N. The van der Waals surface area contributed by atoms with E-state index < -0.39 is 0 Å². The van der Waals surface area contributed by atoms with Crippen LogP contribution in [0.1, 0.15) is 24.0 Å². The summed E-state index contributed by atoms with van der Waals surface area (Å²) < 4.78 is 0. The van der Waals surface area contributed by atoms with Crippen molar-refractivity contribution in [1.82, 2.24) is 9.97 Å². The Balaban J connectivity index is 2.36. The Labute approximate surface area is 105 Å². The fraction of sp³-hybridized carbons (Fsp3) is 0.167. The van der Waals surface area contributed by atoms with Gasteiger partial charge < -0.3 is 11.5 Å². The molecular weight excluding hydrogens is 236 g/mol. The maximum absolute atomic E-state index is 5.85. The Morgan fingerprint density at radius 1 is 1.18 bits per heavy atom. The molecule has 17 heavy (non-hydrogen) atoms. The molecule has 2 aromatic rings. The molecule has 0 amide bonds. The molecule has 0 bridgehead atoms. The van der Waals surface area contributed by atoms with Crippen LogP contribution in [0.4, 0.5) is 11.8 Å². The molecule has 0 aliphatic carbocycles. The molecule has 5 heteroatoms. The zero-order valence-corrected chi connectivity index (χ0v) is 10.1. The van der Waals surface area contributed by atoms with Crippen molar-refractivity contribution in [3.05, 3.63) is 46.6 Å². The molecular formula is C12H13ClN4. The average Bonchev–Trinajstić information content (AvgIpc) is 2.29. The lowest BCUT2D eigenvalue weighted by Gasteiger charge is -2.13. The van der Waals surface area contributed by atoms with Crippen molar-refractivity contribution >= 4 is 23.4 Å². The van der Waals surface area contributed by atoms with Crippen molar-refractivity contribution in [2.75, 3.05) is 11.5 Å². The van der Waals surface area contributed by atoms with Crippen molar-refractivity contribution in [2.24, 2.45) is 0 Å². The second-order valence-electron chi connectivity index (χ2n) is 3.84. The first-order chi connectivity index (χ1) is 8.08. The van der Waals surface area contributed by atoms with E-state index in [4.69, 9.17) is 23.1 Å². The molecule has 2 rings (SSSR count). The second-order valence-corrected chi connectivity index (χ2v) is 4.28. The zero-order chi connectivity index (χ0) is 12.4. The van der Waals surface area contributed by atoms with Crippen LogP contribution < -0.4 is 11.5 Å². The van der Waals surface area contributed by atoms with Gasteiger partial charge >= 0.3 is 0 Å². The summed E-state index contributed by atoms with van der Waals surface area (Å²) in [6, 6.07) is 7.62. The van der Waals surface area contributed by atoms with Gasteiger partial charge in [-0.1, -0.05) is 30.7 Å². The second kappa shape index (κ2) is 4.59. The molecule has 0 fully saturated rings. The van der Waals surface area contributed by atoms with E-state index in [9.17, 15) is 0 Å². The van der Waals surface area contributed by atoms with Crippen molar-refractivity contribution in [3.8, 4) is 0 Å². The Morgan fingerprint density at radius 2 is 1.82 bits per heavy atom. The van der Waals surface area contributed by atoms with Crippen LogP contribution in [0.2, 0.25) is 5.02 Å². The Bertz CT molecular complexity index is 525. The molecule has 88 valence electrons. The molecule has 1 heterocycles. The molecule has 1 atom stereocenters. The van der Waals surface area contributed by atoms with Gasteiger partial charge in [0.05, 0.1) is 0 Å². The van der Waals surface area contributed by atoms with Gasteiger partial charge in [-0.05, 0) is 17.7 Å². The summed E-state index contributed by atoms with van der Waals surface area (Å²) in [6.07, 6.45) is 1.66. The summed E-state index contributed by atoms with van der Waals surface area (Å²) in [6.45, 7) is 2.04. The van der Waals surface area contributed by atoms with Crippen molar-refractivity contribution in [3.63, 3.8) is 0 Å². The normalized spacial score (nSPS) is 12.4. The van der Waals surface area contributed by atoms with Crippen molar-refractivity contribution < 1.29 is 0 Å². The number of hydrogen-bond donors (Lipinski definition) is 2. The van der Waals surface area contributed by atoms with E-state index >= 15 is 0 Å². The van der Waals surface area contributed by atoms with Crippen LogP contribution in [0.15, 0.2) is 30.5 Å². The maximum atomic E-state index is 5.85. The Hall–Kier alpha value is -1.81. The molecule has 4 nitrogen and oxygen atoms in total. The quantitative estimate of drug-likeness (QED) is 0.856. The highest BCUT2D eigenvalue weighted by atomic mass is 35.5. The minimum absolute atomic E-state index is 0.105. The van der Waals surface area contributed by atoms with E-state index in [2.05, 4.69) is 9.97 Å². The van der Waals surface area contributed by atoms with Gasteiger partial charge in [0.15, 0.2) is 0 Å². The van der Waals surface area contributed by atoms with Crippen molar-refractivity contribution in [1.29, 1.82) is 0 Å². The molecule has 1 aromatic carbocycles. The van der Waals surface area contributed by atoms with Gasteiger partial charge in [0.2, 0.25) is 5.95 Å². The van der Waals surface area contributed by atoms with Crippen LogP contribution in [0, 0.1) is 0 Å². The largest absolute Gasteiger partial charge is 0.383 e. The van der Waals surface area contributed by atoms with Gasteiger partial charge in [0.1, 0.15) is 5.82 Å². The molecule has 1 aromatic heterocycles. The lowest BCUT2D eigenvalue weighted by atomic mass is 9.95. The third-order valence-electron chi connectivity index (χ3n) is 2.70. The number of nitrogens with zero attached hydrogens (tertiary/aromatic N) is 2. The molecule has 0 saturated heterocycles. The number of rotatable bonds is 2. The predicted molar refractivity (Wildman–Crippen MR) is 69.8 cm³/mol. The van der Waals surface area contributed by atoms with Crippen LogP contribution in [-0.4, -0.2) is 9.97 Å². The molecule has 0 aliphatic rings. The highest BCUT2D eigenvalue weighted by molar-refractivity contribution is 6.30. The summed E-state index contributed by atoms with van der Waals surface area (Å²) in [4.78, 5) is 7.92. The molecule has 0 aliphatic heterocycles. The van der Waals surface area contributed by atoms with Gasteiger partial charge in [-0.15, -0.1) is 0 Å². The molecule has 1 unspecified atom stereocenters. The first-order valence-corrected chi connectivity index (χ1v) is 5.59. The van der Waals surface area contributed by atoms with E-state index in [1.54, 1.807) is 6.20 Å². The maximum Gasteiger partial charge on any atom is 0.221 e. The summed E-state index contributed by atoms with van der Waals surface area (Å²) in [5.74, 6) is 0.711. The Morgan fingerprint density at radius 3 is 2.41 bits per heavy atom. The topological polar surface area (TPSA) is 77.8 Å². The highest BCUT2D eigenvalue weighted by Gasteiger charge is 2.13. The predicted octanol–water partition coefficient (Wildman–Crippen LogP) is 2.45. The smallest absolute Gasteiger partial charge is 0.221 e. The minimum Gasteiger partial charge on any atom is -0.383 e. The number of nitrogens with two attached hydrogens (primary N) is 2. The summed E-state index contributed by atoms with van der Waals surface area (Å²) >= 11 is 5.85. The van der Waals surface area contributed by atoms with Crippen LogP contribution >= 0.6 is 11.6 Å². The fourth-order valence-corrected chi connectivity index (χ4v) is 1.81. The summed E-state index contributed by atoms with van der Waals surface area (Å²) in [5, 5.41) is 0.711. The lowest BCUT2D eigenvalue weighted by molar-refractivity contribution is 0.903. The Kier molecular flexibility index (Phi) is 3.15. The van der Waals surface area contributed by atoms with Crippen molar-refractivity contribution in [2.45, 2.75) is 12.8 Å². The van der Waals surface area contributed by atoms with E-state index in [1.807, 2.05) is 31.2 Å². The van der Waals surface area contributed by atoms with Crippen LogP contribution in [0.25, 0.3) is 0 Å². The monoisotopic (exact) mass is 248 g/mol. The zero-order valence-electron chi connectivity index (χ0n) is 9.39. The first-order valence-electron chi connectivity index (χ1n) is 5.21. The third kappa shape index (κ3) is 2.47. The summed E-state index contributed by atoms with van der Waals surface area (Å²) in [7, 11) is 0. The number of hydrogen-bond acceptors (Lipinski definition) is 4. The van der Waals surface area contributed by atoms with Gasteiger partial charge in [0.25, 0.3) is 0 Å². The van der Waals surface area contributed by atoms with Crippen LogP contribution in [0.5, 0.6) is 0 Å². The van der Waals surface area contributed by atoms with Crippen LogP contribution in [-0.2, 0) is 0 Å². The van der Waals surface area contributed by atoms with Gasteiger partial charge in [-0.3, -0.25) is 0 Å². The van der Waals surface area contributed by atoms with E-state index in [0.29, 0.717) is 10.8 Å². The molecule has 0 spiro atoms. The average molecular weight is 249 g/mol. The molecule has 0 saturated carbocycles. The van der Waals surface area contributed by atoms with E-state index in [0.717, 1.165) is 11.1 Å². The highest BCUT2D eigenvalue weighted by Crippen LogP contribution is 2.27. The minimum atomic E-state index is 0.105. The molecule has 0 radical (unpaired) electrons. The first kappa shape index (κ1) is 11.7. The lowest BCUT2D eigenvalue weighted by Crippen LogP contribution is -2.06. The third-order valence-corrected chi connectivity index (χ3v) is 2.96. The van der Waals surface area contributed by atoms with Gasteiger partial charge in [-0.2, -0.15) is 4.98 Å². The standard InChI is InChI=1S/C12H13ClN4/c1-7(8-2-4-9(13)5-3-8)10-6-16-12(15)17-11(10)14/h2-7H,1H3,(H4,14,15,16,17). The number of halogens is 1. The molecule has 4 N–H and O–H groups in total. The van der Waals surface area contributed by atoms with Gasteiger partial charge in [0, 0.05) is 22.7 Å². The number of benzene rings is 1. The number of anilines is 2. The number of nitrogen functional groups attached to an aromatic ring is 2. The number of aromatic nitrogens is 2.